The van der Waals surface area contributed by atoms with E-state index >= 15 is 0 Å². The number of hydrogen-bond acceptors (Lipinski definition) is 3. The summed E-state index contributed by atoms with van der Waals surface area (Å²) < 4.78 is 35.9. The average molecular weight is 241 g/mol. The molecule has 16 heavy (non-hydrogen) atoms. The van der Waals surface area contributed by atoms with Crippen molar-refractivity contribution >= 4 is 9.84 Å². The van der Waals surface area contributed by atoms with Crippen LogP contribution in [0.3, 0.4) is 0 Å². The Morgan fingerprint density at radius 1 is 1.38 bits per heavy atom. The first-order valence-electron chi connectivity index (χ1n) is 4.85. The van der Waals surface area contributed by atoms with Crippen molar-refractivity contribution in [1.29, 1.82) is 5.26 Å². The topological polar surface area (TPSA) is 57.9 Å². The Morgan fingerprint density at radius 3 is 2.75 bits per heavy atom. The third kappa shape index (κ3) is 4.41. The summed E-state index contributed by atoms with van der Waals surface area (Å²) in [6.07, 6.45) is 0.552. The molecule has 0 heterocycles. The van der Waals surface area contributed by atoms with Crippen LogP contribution in [0.2, 0.25) is 0 Å². The molecule has 0 N–H and O–H groups in total. The van der Waals surface area contributed by atoms with Crippen LogP contribution in [0.25, 0.3) is 0 Å². The number of nitrogens with zero attached hydrogens (tertiary/aromatic N) is 1. The Hall–Kier alpha value is -1.41. The van der Waals surface area contributed by atoms with Gasteiger partial charge in [-0.05, 0) is 24.1 Å². The summed E-state index contributed by atoms with van der Waals surface area (Å²) in [4.78, 5) is 0. The number of sulfone groups is 1. The fourth-order valence-corrected chi connectivity index (χ4v) is 2.74. The summed E-state index contributed by atoms with van der Waals surface area (Å²) >= 11 is 0. The van der Waals surface area contributed by atoms with Crippen molar-refractivity contribution < 1.29 is 12.8 Å². The minimum absolute atomic E-state index is 0.0307. The summed E-state index contributed by atoms with van der Waals surface area (Å²) in [5.74, 6) is -0.641. The van der Waals surface area contributed by atoms with Crippen LogP contribution in [-0.2, 0) is 15.6 Å². The van der Waals surface area contributed by atoms with Gasteiger partial charge in [-0.25, -0.2) is 12.8 Å². The lowest BCUT2D eigenvalue weighted by molar-refractivity contribution is 0.592. The van der Waals surface area contributed by atoms with E-state index in [4.69, 9.17) is 5.26 Å². The average Bonchev–Trinajstić information content (AvgIpc) is 2.17. The summed E-state index contributed by atoms with van der Waals surface area (Å²) in [6.45, 7) is 0. The van der Waals surface area contributed by atoms with E-state index in [0.717, 1.165) is 0 Å². The van der Waals surface area contributed by atoms with Gasteiger partial charge in [-0.1, -0.05) is 12.1 Å². The fraction of sp³-hybridized carbons (Fsp3) is 0.364. The molecular formula is C11H12FNO2S. The van der Waals surface area contributed by atoms with Crippen LogP contribution in [0.4, 0.5) is 4.39 Å². The van der Waals surface area contributed by atoms with Gasteiger partial charge in [0.2, 0.25) is 0 Å². The van der Waals surface area contributed by atoms with Crippen molar-refractivity contribution in [2.75, 3.05) is 5.75 Å². The highest BCUT2D eigenvalue weighted by atomic mass is 32.2. The molecule has 0 saturated heterocycles. The number of rotatable bonds is 5. The largest absolute Gasteiger partial charge is 0.228 e. The van der Waals surface area contributed by atoms with E-state index in [0.29, 0.717) is 12.0 Å². The normalized spacial score (nSPS) is 11.0. The second-order valence-electron chi connectivity index (χ2n) is 3.48. The van der Waals surface area contributed by atoms with E-state index in [2.05, 4.69) is 0 Å². The molecule has 0 unspecified atom stereocenters. The van der Waals surface area contributed by atoms with E-state index in [1.807, 2.05) is 6.07 Å². The van der Waals surface area contributed by atoms with Gasteiger partial charge >= 0.3 is 0 Å². The molecule has 5 heteroatoms. The van der Waals surface area contributed by atoms with Crippen LogP contribution < -0.4 is 0 Å². The molecule has 0 amide bonds. The third-order valence-corrected chi connectivity index (χ3v) is 3.70. The SMILES string of the molecule is N#CCCCS(=O)(=O)Cc1cccc(F)c1. The smallest absolute Gasteiger partial charge is 0.154 e. The van der Waals surface area contributed by atoms with Gasteiger partial charge in [0.05, 0.1) is 17.6 Å². The molecule has 3 nitrogen and oxygen atoms in total. The second kappa shape index (κ2) is 5.61. The lowest BCUT2D eigenvalue weighted by Crippen LogP contribution is -2.09. The first-order chi connectivity index (χ1) is 7.53. The molecule has 0 spiro atoms. The highest BCUT2D eigenvalue weighted by Crippen LogP contribution is 2.10. The summed E-state index contributed by atoms with van der Waals surface area (Å²) in [6, 6.07) is 7.42. The standard InChI is InChI=1S/C11H12FNO2S/c12-11-5-3-4-10(8-11)9-16(14,15)7-2-1-6-13/h3-5,8H,1-2,7,9H2. The molecule has 0 radical (unpaired) electrons. The summed E-state index contributed by atoms with van der Waals surface area (Å²) in [5, 5.41) is 8.29. The number of nitriles is 1. The molecule has 0 saturated carbocycles. The van der Waals surface area contributed by atoms with Crippen molar-refractivity contribution in [2.24, 2.45) is 0 Å². The van der Waals surface area contributed by atoms with Crippen molar-refractivity contribution in [3.05, 3.63) is 35.6 Å². The first-order valence-corrected chi connectivity index (χ1v) is 6.67. The predicted molar refractivity (Wildman–Crippen MR) is 58.7 cm³/mol. The van der Waals surface area contributed by atoms with Gasteiger partial charge in [0.15, 0.2) is 9.84 Å². The first kappa shape index (κ1) is 12.7. The van der Waals surface area contributed by atoms with Gasteiger partial charge in [0.1, 0.15) is 5.82 Å². The number of hydrogen-bond donors (Lipinski definition) is 0. The molecule has 0 fully saturated rings. The van der Waals surface area contributed by atoms with Crippen molar-refractivity contribution in [3.8, 4) is 6.07 Å². The Morgan fingerprint density at radius 2 is 2.12 bits per heavy atom. The van der Waals surface area contributed by atoms with Crippen molar-refractivity contribution in [1.82, 2.24) is 0 Å². The van der Waals surface area contributed by atoms with Crippen molar-refractivity contribution in [3.63, 3.8) is 0 Å². The van der Waals surface area contributed by atoms with E-state index in [-0.39, 0.29) is 17.9 Å². The number of halogens is 1. The Bertz CT molecular complexity index is 491. The molecule has 0 aromatic heterocycles. The van der Waals surface area contributed by atoms with Gasteiger partial charge in [0, 0.05) is 6.42 Å². The quantitative estimate of drug-likeness (QED) is 0.741. The molecule has 1 aromatic rings. The van der Waals surface area contributed by atoms with Crippen LogP contribution in [0.1, 0.15) is 18.4 Å². The van der Waals surface area contributed by atoms with Gasteiger partial charge in [-0.3, -0.25) is 0 Å². The molecular weight excluding hydrogens is 229 g/mol. The molecule has 0 aliphatic carbocycles. The van der Waals surface area contributed by atoms with Gasteiger partial charge in [-0.15, -0.1) is 0 Å². The summed E-state index contributed by atoms with van der Waals surface area (Å²) in [7, 11) is -3.24. The fourth-order valence-electron chi connectivity index (χ4n) is 1.32. The maximum absolute atomic E-state index is 12.8. The molecule has 0 aliphatic rings. The molecule has 1 rings (SSSR count). The Kier molecular flexibility index (Phi) is 4.44. The van der Waals surface area contributed by atoms with Gasteiger partial charge in [0.25, 0.3) is 0 Å². The predicted octanol–water partition coefficient (Wildman–Crippen LogP) is 2.04. The van der Waals surface area contributed by atoms with E-state index in [1.165, 1.54) is 18.2 Å². The minimum Gasteiger partial charge on any atom is -0.228 e. The maximum Gasteiger partial charge on any atom is 0.154 e. The zero-order chi connectivity index (χ0) is 12.0. The second-order valence-corrected chi connectivity index (χ2v) is 5.67. The zero-order valence-electron chi connectivity index (χ0n) is 8.69. The van der Waals surface area contributed by atoms with Gasteiger partial charge < -0.3 is 0 Å². The van der Waals surface area contributed by atoms with Crippen LogP contribution in [0.15, 0.2) is 24.3 Å². The number of unbranched alkanes of at least 4 members (excludes halogenated alkanes) is 1. The molecule has 0 aliphatic heterocycles. The van der Waals surface area contributed by atoms with Gasteiger partial charge in [-0.2, -0.15) is 5.26 Å². The minimum atomic E-state index is -3.24. The lowest BCUT2D eigenvalue weighted by atomic mass is 10.2. The van der Waals surface area contributed by atoms with Crippen LogP contribution >= 0.6 is 0 Å². The van der Waals surface area contributed by atoms with Crippen molar-refractivity contribution in [2.45, 2.75) is 18.6 Å². The maximum atomic E-state index is 12.8. The van der Waals surface area contributed by atoms with Crippen LogP contribution in [0, 0.1) is 17.1 Å². The van der Waals surface area contributed by atoms with Crippen LogP contribution in [-0.4, -0.2) is 14.2 Å². The molecule has 86 valence electrons. The zero-order valence-corrected chi connectivity index (χ0v) is 9.50. The highest BCUT2D eigenvalue weighted by Gasteiger charge is 2.11. The van der Waals surface area contributed by atoms with E-state index < -0.39 is 15.7 Å². The van der Waals surface area contributed by atoms with Crippen LogP contribution in [0.5, 0.6) is 0 Å². The number of benzene rings is 1. The molecule has 0 bridgehead atoms. The van der Waals surface area contributed by atoms with E-state index in [1.54, 1.807) is 6.07 Å². The Balaban J connectivity index is 2.63. The highest BCUT2D eigenvalue weighted by molar-refractivity contribution is 7.90. The lowest BCUT2D eigenvalue weighted by Gasteiger charge is -2.03. The molecule has 1 aromatic carbocycles. The third-order valence-electron chi connectivity index (χ3n) is 2.02. The van der Waals surface area contributed by atoms with E-state index in [9.17, 15) is 12.8 Å². The monoisotopic (exact) mass is 241 g/mol. The Labute approximate surface area is 94.4 Å². The molecule has 0 atom stereocenters. The summed E-state index contributed by atoms with van der Waals surface area (Å²) in [5.41, 5.74) is 0.442.